The van der Waals surface area contributed by atoms with E-state index >= 15 is 0 Å². The van der Waals surface area contributed by atoms with Crippen molar-refractivity contribution in [2.75, 3.05) is 26.8 Å². The third-order valence-electron chi connectivity index (χ3n) is 3.98. The highest BCUT2D eigenvalue weighted by Gasteiger charge is 2.24. The first kappa shape index (κ1) is 16.5. The quantitative estimate of drug-likeness (QED) is 0.901. The van der Waals surface area contributed by atoms with Gasteiger partial charge in [-0.1, -0.05) is 17.7 Å². The molecule has 5 nitrogen and oxygen atoms in total. The fraction of sp³-hybridized carbons (Fsp3) is 0.529. The Bertz CT molecular complexity index is 505. The summed E-state index contributed by atoms with van der Waals surface area (Å²) in [6, 6.07) is 7.81. The normalized spacial score (nSPS) is 15.6. The van der Waals surface area contributed by atoms with Gasteiger partial charge in [0, 0.05) is 38.2 Å². The molecule has 1 N–H and O–H groups in total. The first-order chi connectivity index (χ1) is 10.6. The predicted octanol–water partition coefficient (Wildman–Crippen LogP) is 1.75. The first-order valence-electron chi connectivity index (χ1n) is 7.74. The number of nitrogens with zero attached hydrogens (tertiary/aromatic N) is 1. The second-order valence-corrected chi connectivity index (χ2v) is 5.74. The number of aryl methyl sites for hydroxylation is 1. The Kier molecular flexibility index (Phi) is 5.95. The standard InChI is InChI=1S/C17H24N2O3/c1-13-3-5-14(6-4-13)17(21)19-10-7-15(8-11-19)18-16(20)9-12-22-2/h3-6,15H,7-12H2,1-2H3,(H,18,20). The Morgan fingerprint density at radius 1 is 1.23 bits per heavy atom. The smallest absolute Gasteiger partial charge is 0.253 e. The maximum absolute atomic E-state index is 12.4. The molecule has 1 aromatic carbocycles. The molecule has 120 valence electrons. The van der Waals surface area contributed by atoms with Crippen LogP contribution in [0.25, 0.3) is 0 Å². The van der Waals surface area contributed by atoms with Crippen LogP contribution in [0, 0.1) is 6.92 Å². The van der Waals surface area contributed by atoms with E-state index in [0.717, 1.165) is 24.0 Å². The zero-order chi connectivity index (χ0) is 15.9. The highest BCUT2D eigenvalue weighted by Crippen LogP contribution is 2.14. The molecule has 0 aliphatic carbocycles. The van der Waals surface area contributed by atoms with E-state index in [1.165, 1.54) is 0 Å². The molecule has 5 heteroatoms. The lowest BCUT2D eigenvalue weighted by Crippen LogP contribution is -2.46. The molecule has 2 amide bonds. The van der Waals surface area contributed by atoms with Gasteiger partial charge in [-0.3, -0.25) is 9.59 Å². The topological polar surface area (TPSA) is 58.6 Å². The van der Waals surface area contributed by atoms with Gasteiger partial charge in [0.1, 0.15) is 0 Å². The van der Waals surface area contributed by atoms with Crippen LogP contribution in [0.5, 0.6) is 0 Å². The summed E-state index contributed by atoms with van der Waals surface area (Å²) in [6.07, 6.45) is 1.99. The van der Waals surface area contributed by atoms with Gasteiger partial charge in [-0.2, -0.15) is 0 Å². The molecule has 1 fully saturated rings. The molecule has 0 saturated carbocycles. The molecule has 0 atom stereocenters. The van der Waals surface area contributed by atoms with E-state index in [0.29, 0.717) is 26.1 Å². The van der Waals surface area contributed by atoms with Gasteiger partial charge in [-0.25, -0.2) is 0 Å². The van der Waals surface area contributed by atoms with E-state index in [4.69, 9.17) is 4.74 Å². The van der Waals surface area contributed by atoms with Crippen LogP contribution >= 0.6 is 0 Å². The van der Waals surface area contributed by atoms with Gasteiger partial charge in [0.2, 0.25) is 5.91 Å². The lowest BCUT2D eigenvalue weighted by Gasteiger charge is -2.32. The van der Waals surface area contributed by atoms with Crippen LogP contribution in [0.2, 0.25) is 0 Å². The van der Waals surface area contributed by atoms with Crippen molar-refractivity contribution < 1.29 is 14.3 Å². The highest BCUT2D eigenvalue weighted by atomic mass is 16.5. The molecule has 0 unspecified atom stereocenters. The number of ether oxygens (including phenoxy) is 1. The number of hydrogen-bond acceptors (Lipinski definition) is 3. The van der Waals surface area contributed by atoms with Crippen LogP contribution in [-0.2, 0) is 9.53 Å². The number of methoxy groups -OCH3 is 1. The average molecular weight is 304 g/mol. The van der Waals surface area contributed by atoms with Crippen molar-refractivity contribution in [3.8, 4) is 0 Å². The largest absolute Gasteiger partial charge is 0.384 e. The second kappa shape index (κ2) is 7.94. The second-order valence-electron chi connectivity index (χ2n) is 5.74. The van der Waals surface area contributed by atoms with E-state index in [1.807, 2.05) is 36.1 Å². The van der Waals surface area contributed by atoms with E-state index in [9.17, 15) is 9.59 Å². The number of amides is 2. The van der Waals surface area contributed by atoms with Crippen LogP contribution < -0.4 is 5.32 Å². The molecule has 0 radical (unpaired) electrons. The maximum atomic E-state index is 12.4. The summed E-state index contributed by atoms with van der Waals surface area (Å²) in [4.78, 5) is 25.9. The molecule has 22 heavy (non-hydrogen) atoms. The molecular weight excluding hydrogens is 280 g/mol. The van der Waals surface area contributed by atoms with E-state index in [-0.39, 0.29) is 17.9 Å². The zero-order valence-corrected chi connectivity index (χ0v) is 13.3. The van der Waals surface area contributed by atoms with Crippen LogP contribution in [0.15, 0.2) is 24.3 Å². The molecular formula is C17H24N2O3. The molecule has 0 bridgehead atoms. The van der Waals surface area contributed by atoms with Crippen molar-refractivity contribution in [1.82, 2.24) is 10.2 Å². The van der Waals surface area contributed by atoms with Gasteiger partial charge in [-0.15, -0.1) is 0 Å². The Morgan fingerprint density at radius 3 is 2.45 bits per heavy atom. The van der Waals surface area contributed by atoms with E-state index in [2.05, 4.69) is 5.32 Å². The molecule has 1 heterocycles. The van der Waals surface area contributed by atoms with Crippen LogP contribution in [0.4, 0.5) is 0 Å². The summed E-state index contributed by atoms with van der Waals surface area (Å²) in [6.45, 7) is 3.81. The van der Waals surface area contributed by atoms with Crippen LogP contribution in [0.1, 0.15) is 35.2 Å². The zero-order valence-electron chi connectivity index (χ0n) is 13.3. The molecule has 1 aliphatic rings. The van der Waals surface area contributed by atoms with Gasteiger partial charge in [0.25, 0.3) is 5.91 Å². The van der Waals surface area contributed by atoms with Crippen molar-refractivity contribution in [2.45, 2.75) is 32.2 Å². The number of hydrogen-bond donors (Lipinski definition) is 1. The minimum Gasteiger partial charge on any atom is -0.384 e. The van der Waals surface area contributed by atoms with Gasteiger partial charge < -0.3 is 15.0 Å². The number of rotatable bonds is 5. The predicted molar refractivity (Wildman–Crippen MR) is 84.7 cm³/mol. The Hall–Kier alpha value is -1.88. The molecule has 1 aliphatic heterocycles. The monoisotopic (exact) mass is 304 g/mol. The number of carbonyl (C=O) groups excluding carboxylic acids is 2. The molecule has 0 aromatic heterocycles. The Labute approximate surface area is 131 Å². The summed E-state index contributed by atoms with van der Waals surface area (Å²) < 4.78 is 4.89. The van der Waals surface area contributed by atoms with Gasteiger partial charge in [0.15, 0.2) is 0 Å². The molecule has 2 rings (SSSR count). The Morgan fingerprint density at radius 2 is 1.86 bits per heavy atom. The van der Waals surface area contributed by atoms with E-state index in [1.54, 1.807) is 7.11 Å². The summed E-state index contributed by atoms with van der Waals surface area (Å²) in [5, 5.41) is 3.00. The summed E-state index contributed by atoms with van der Waals surface area (Å²) in [5.74, 6) is 0.0920. The molecule has 1 aromatic rings. The van der Waals surface area contributed by atoms with Crippen molar-refractivity contribution in [2.24, 2.45) is 0 Å². The SMILES string of the molecule is COCCC(=O)NC1CCN(C(=O)c2ccc(C)cc2)CC1. The summed E-state index contributed by atoms with van der Waals surface area (Å²) in [7, 11) is 1.59. The third-order valence-corrected chi connectivity index (χ3v) is 3.98. The van der Waals surface area contributed by atoms with Gasteiger partial charge in [-0.05, 0) is 31.9 Å². The summed E-state index contributed by atoms with van der Waals surface area (Å²) >= 11 is 0. The van der Waals surface area contributed by atoms with Crippen molar-refractivity contribution in [1.29, 1.82) is 0 Å². The maximum Gasteiger partial charge on any atom is 0.253 e. The number of piperidine rings is 1. The van der Waals surface area contributed by atoms with E-state index < -0.39 is 0 Å². The van der Waals surface area contributed by atoms with Gasteiger partial charge in [0.05, 0.1) is 6.61 Å². The Balaban J connectivity index is 1.80. The fourth-order valence-electron chi connectivity index (χ4n) is 2.60. The number of likely N-dealkylation sites (tertiary alicyclic amines) is 1. The first-order valence-corrected chi connectivity index (χ1v) is 7.74. The number of benzene rings is 1. The van der Waals surface area contributed by atoms with Crippen molar-refractivity contribution in [3.05, 3.63) is 35.4 Å². The van der Waals surface area contributed by atoms with Crippen molar-refractivity contribution >= 4 is 11.8 Å². The number of nitrogens with one attached hydrogen (secondary N) is 1. The van der Waals surface area contributed by atoms with Crippen molar-refractivity contribution in [3.63, 3.8) is 0 Å². The minimum atomic E-state index is 0.0187. The molecule has 1 saturated heterocycles. The summed E-state index contributed by atoms with van der Waals surface area (Å²) in [5.41, 5.74) is 1.88. The average Bonchev–Trinajstić information content (AvgIpc) is 2.54. The van der Waals surface area contributed by atoms with Gasteiger partial charge >= 0.3 is 0 Å². The number of carbonyl (C=O) groups is 2. The van der Waals surface area contributed by atoms with Crippen LogP contribution in [0.3, 0.4) is 0 Å². The molecule has 0 spiro atoms. The minimum absolute atomic E-state index is 0.0187. The lowest BCUT2D eigenvalue weighted by molar-refractivity contribution is -0.122. The van der Waals surface area contributed by atoms with Crippen LogP contribution in [-0.4, -0.2) is 49.6 Å². The lowest BCUT2D eigenvalue weighted by atomic mass is 10.0. The highest BCUT2D eigenvalue weighted by molar-refractivity contribution is 5.94. The third kappa shape index (κ3) is 4.56. The fourth-order valence-corrected chi connectivity index (χ4v) is 2.60.